The van der Waals surface area contributed by atoms with Gasteiger partial charge in [0.25, 0.3) is 5.91 Å². The first-order chi connectivity index (χ1) is 15.9. The number of amides is 2. The molecule has 0 aromatic heterocycles. The molecule has 3 N–H and O–H groups in total. The summed E-state index contributed by atoms with van der Waals surface area (Å²) in [5.41, 5.74) is 3.90. The minimum absolute atomic E-state index is 0.0980. The van der Waals surface area contributed by atoms with Gasteiger partial charge in [0.05, 0.1) is 12.6 Å². The van der Waals surface area contributed by atoms with Crippen molar-refractivity contribution in [3.05, 3.63) is 102 Å². The topological polar surface area (TPSA) is 79.5 Å². The molecule has 0 bridgehead atoms. The Morgan fingerprint density at radius 3 is 2.36 bits per heavy atom. The van der Waals surface area contributed by atoms with Gasteiger partial charge in [-0.15, -0.1) is 0 Å². The average molecular weight is 444 g/mol. The summed E-state index contributed by atoms with van der Waals surface area (Å²) in [7, 11) is 0. The lowest BCUT2D eigenvalue weighted by Gasteiger charge is -2.14. The van der Waals surface area contributed by atoms with Crippen LogP contribution in [-0.2, 0) is 4.79 Å². The molecule has 33 heavy (non-hydrogen) atoms. The molecule has 0 saturated carbocycles. The Balaban J connectivity index is 1.48. The molecule has 170 valence electrons. The van der Waals surface area contributed by atoms with Gasteiger partial charge in [-0.25, -0.2) is 0 Å². The van der Waals surface area contributed by atoms with Crippen LogP contribution in [0.1, 0.15) is 35.8 Å². The number of rotatable bonds is 10. The lowest BCUT2D eigenvalue weighted by atomic mass is 10.1. The molecular weight excluding hydrogens is 414 g/mol. The van der Waals surface area contributed by atoms with Gasteiger partial charge in [0, 0.05) is 23.0 Å². The highest BCUT2D eigenvalue weighted by Crippen LogP contribution is 2.18. The van der Waals surface area contributed by atoms with E-state index in [9.17, 15) is 9.59 Å². The second-order valence-electron chi connectivity index (χ2n) is 7.86. The molecule has 3 aromatic carbocycles. The molecule has 6 nitrogen and oxygen atoms in total. The zero-order valence-corrected chi connectivity index (χ0v) is 18.9. The van der Waals surface area contributed by atoms with Crippen LogP contribution in [-0.4, -0.2) is 25.0 Å². The SMILES string of the molecule is C=C(C)COc1cccc(NCC(=O)Nc2ccc(C(=O)NC(C)c3ccccc3)cc2)c1. The van der Waals surface area contributed by atoms with E-state index in [1.807, 2.05) is 68.4 Å². The summed E-state index contributed by atoms with van der Waals surface area (Å²) in [4.78, 5) is 24.8. The van der Waals surface area contributed by atoms with Crippen LogP contribution >= 0.6 is 0 Å². The summed E-state index contributed by atoms with van der Waals surface area (Å²) in [5.74, 6) is 0.344. The number of hydrogen-bond donors (Lipinski definition) is 3. The van der Waals surface area contributed by atoms with Crippen molar-refractivity contribution in [3.63, 3.8) is 0 Å². The van der Waals surface area contributed by atoms with Crippen molar-refractivity contribution in [2.75, 3.05) is 23.8 Å². The Hall–Kier alpha value is -4.06. The molecule has 3 rings (SSSR count). The van der Waals surface area contributed by atoms with Crippen LogP contribution in [0.4, 0.5) is 11.4 Å². The van der Waals surface area contributed by atoms with Gasteiger partial charge < -0.3 is 20.7 Å². The third-order valence-electron chi connectivity index (χ3n) is 4.85. The Morgan fingerprint density at radius 1 is 0.939 bits per heavy atom. The van der Waals surface area contributed by atoms with Crippen LogP contribution in [0.15, 0.2) is 91.0 Å². The molecule has 1 unspecified atom stereocenters. The first kappa shape index (κ1) is 23.6. The highest BCUT2D eigenvalue weighted by Gasteiger charge is 2.11. The monoisotopic (exact) mass is 443 g/mol. The molecule has 0 heterocycles. The Kier molecular flexibility index (Phi) is 8.24. The molecule has 6 heteroatoms. The number of anilines is 2. The number of hydrogen-bond acceptors (Lipinski definition) is 4. The van der Waals surface area contributed by atoms with Crippen LogP contribution in [0.3, 0.4) is 0 Å². The van der Waals surface area contributed by atoms with Crippen molar-refractivity contribution >= 4 is 23.2 Å². The molecule has 1 atom stereocenters. The largest absolute Gasteiger partial charge is 0.489 e. The Morgan fingerprint density at radius 2 is 1.67 bits per heavy atom. The van der Waals surface area contributed by atoms with Gasteiger partial charge in [-0.1, -0.05) is 43.0 Å². The van der Waals surface area contributed by atoms with Gasteiger partial charge in [0.15, 0.2) is 0 Å². The zero-order valence-electron chi connectivity index (χ0n) is 18.9. The molecule has 2 amide bonds. The molecule has 0 aliphatic heterocycles. The highest BCUT2D eigenvalue weighted by atomic mass is 16.5. The van der Waals surface area contributed by atoms with E-state index in [0.717, 1.165) is 16.8 Å². The van der Waals surface area contributed by atoms with Gasteiger partial charge in [0.2, 0.25) is 5.91 Å². The van der Waals surface area contributed by atoms with E-state index < -0.39 is 0 Å². The van der Waals surface area contributed by atoms with Crippen molar-refractivity contribution in [1.82, 2.24) is 5.32 Å². The maximum absolute atomic E-state index is 12.5. The van der Waals surface area contributed by atoms with Gasteiger partial charge in [0.1, 0.15) is 12.4 Å². The second kappa shape index (κ2) is 11.5. The van der Waals surface area contributed by atoms with E-state index in [1.165, 1.54) is 0 Å². The van der Waals surface area contributed by atoms with Crippen LogP contribution in [0.2, 0.25) is 0 Å². The summed E-state index contributed by atoms with van der Waals surface area (Å²) in [6.07, 6.45) is 0. The van der Waals surface area contributed by atoms with Crippen LogP contribution in [0.25, 0.3) is 0 Å². The van der Waals surface area contributed by atoms with Crippen molar-refractivity contribution in [2.45, 2.75) is 19.9 Å². The first-order valence-electron chi connectivity index (χ1n) is 10.8. The van der Waals surface area contributed by atoms with Crippen molar-refractivity contribution in [1.29, 1.82) is 0 Å². The summed E-state index contributed by atoms with van der Waals surface area (Å²) in [5, 5.41) is 8.88. The molecule has 0 aliphatic rings. The summed E-state index contributed by atoms with van der Waals surface area (Å²) in [6, 6.07) is 23.9. The number of carbonyl (C=O) groups is 2. The van der Waals surface area contributed by atoms with Crippen molar-refractivity contribution in [3.8, 4) is 5.75 Å². The number of carbonyl (C=O) groups excluding carboxylic acids is 2. The molecule has 0 saturated heterocycles. The average Bonchev–Trinajstić information content (AvgIpc) is 2.82. The minimum Gasteiger partial charge on any atom is -0.489 e. The summed E-state index contributed by atoms with van der Waals surface area (Å²) < 4.78 is 5.62. The smallest absolute Gasteiger partial charge is 0.251 e. The number of ether oxygens (including phenoxy) is 1. The van der Waals surface area contributed by atoms with Crippen LogP contribution in [0.5, 0.6) is 5.75 Å². The van der Waals surface area contributed by atoms with E-state index >= 15 is 0 Å². The molecule has 0 radical (unpaired) electrons. The normalized spacial score (nSPS) is 11.2. The standard InChI is InChI=1S/C27H29N3O3/c1-19(2)18-33-25-11-7-10-24(16-25)28-17-26(31)30-23-14-12-22(13-15-23)27(32)29-20(3)21-8-5-4-6-9-21/h4-16,20,28H,1,17-18H2,2-3H3,(H,29,32)(H,30,31). The van der Waals surface area contributed by atoms with Crippen molar-refractivity contribution < 1.29 is 14.3 Å². The molecular formula is C27H29N3O3. The third-order valence-corrected chi connectivity index (χ3v) is 4.85. The molecule has 0 spiro atoms. The van der Waals surface area contributed by atoms with E-state index in [-0.39, 0.29) is 24.4 Å². The molecule has 0 aliphatic carbocycles. The fourth-order valence-corrected chi connectivity index (χ4v) is 3.10. The lowest BCUT2D eigenvalue weighted by molar-refractivity contribution is -0.114. The highest BCUT2D eigenvalue weighted by molar-refractivity contribution is 5.96. The lowest BCUT2D eigenvalue weighted by Crippen LogP contribution is -2.26. The van der Waals surface area contributed by atoms with Gasteiger partial charge in [-0.3, -0.25) is 9.59 Å². The number of nitrogens with one attached hydrogen (secondary N) is 3. The molecule has 0 fully saturated rings. The summed E-state index contributed by atoms with van der Waals surface area (Å²) >= 11 is 0. The maximum Gasteiger partial charge on any atom is 0.251 e. The maximum atomic E-state index is 12.5. The Bertz CT molecular complexity index is 1100. The Labute approximate surface area is 194 Å². The summed E-state index contributed by atoms with van der Waals surface area (Å²) in [6.45, 7) is 8.20. The van der Waals surface area contributed by atoms with E-state index in [2.05, 4.69) is 22.5 Å². The van der Waals surface area contributed by atoms with Crippen LogP contribution in [0, 0.1) is 0 Å². The van der Waals surface area contributed by atoms with Crippen LogP contribution < -0.4 is 20.7 Å². The first-order valence-corrected chi connectivity index (χ1v) is 10.8. The molecule has 3 aromatic rings. The fraction of sp³-hybridized carbons (Fsp3) is 0.185. The van der Waals surface area contributed by atoms with Gasteiger partial charge in [-0.05, 0) is 61.4 Å². The number of benzene rings is 3. The fourth-order valence-electron chi connectivity index (χ4n) is 3.10. The van der Waals surface area contributed by atoms with E-state index in [4.69, 9.17) is 4.74 Å². The predicted molar refractivity (Wildman–Crippen MR) is 133 cm³/mol. The zero-order chi connectivity index (χ0) is 23.6. The minimum atomic E-state index is -0.196. The quantitative estimate of drug-likeness (QED) is 0.377. The van der Waals surface area contributed by atoms with Crippen molar-refractivity contribution in [2.24, 2.45) is 0 Å². The predicted octanol–water partition coefficient (Wildman–Crippen LogP) is 5.18. The third kappa shape index (κ3) is 7.54. The second-order valence-corrected chi connectivity index (χ2v) is 7.86. The van der Waals surface area contributed by atoms with Gasteiger partial charge >= 0.3 is 0 Å². The van der Waals surface area contributed by atoms with Gasteiger partial charge in [-0.2, -0.15) is 0 Å². The van der Waals surface area contributed by atoms with E-state index in [1.54, 1.807) is 24.3 Å². The van der Waals surface area contributed by atoms with E-state index in [0.29, 0.717) is 23.6 Å².